The number of rotatable bonds is 3. The summed E-state index contributed by atoms with van der Waals surface area (Å²) in [6, 6.07) is 15.1. The molecule has 2 N–H and O–H groups in total. The van der Waals surface area contributed by atoms with Gasteiger partial charge in [0.2, 0.25) is 0 Å². The summed E-state index contributed by atoms with van der Waals surface area (Å²) in [5, 5.41) is 1.81. The highest BCUT2D eigenvalue weighted by molar-refractivity contribution is 7.12. The molecule has 3 aromatic rings. The first-order chi connectivity index (χ1) is 11.6. The third-order valence-electron chi connectivity index (χ3n) is 3.72. The standard InChI is InChI=1S/C18H17N3O2S/c1-12-11-15(13(2)21(12)14-7-4-3-5-8-14)17(22)19-20-18(23)16-9-6-10-24-16/h3-11H,1-2H3,(H,19,22)(H,20,23). The van der Waals surface area contributed by atoms with Crippen molar-refractivity contribution >= 4 is 23.2 Å². The second-order valence-corrected chi connectivity index (χ2v) is 6.29. The number of hydrogen-bond donors (Lipinski definition) is 2. The Bertz CT molecular complexity index is 867. The molecular formula is C18H17N3O2S. The molecule has 3 rings (SSSR count). The van der Waals surface area contributed by atoms with Crippen molar-refractivity contribution in [2.75, 3.05) is 0 Å². The summed E-state index contributed by atoms with van der Waals surface area (Å²) < 4.78 is 2.01. The maximum Gasteiger partial charge on any atom is 0.279 e. The molecule has 0 atom stereocenters. The zero-order chi connectivity index (χ0) is 17.1. The van der Waals surface area contributed by atoms with Gasteiger partial charge in [0.15, 0.2) is 0 Å². The van der Waals surface area contributed by atoms with Crippen LogP contribution in [0.3, 0.4) is 0 Å². The lowest BCUT2D eigenvalue weighted by atomic mass is 10.2. The normalized spacial score (nSPS) is 10.4. The minimum Gasteiger partial charge on any atom is -0.318 e. The fourth-order valence-electron chi connectivity index (χ4n) is 2.62. The first kappa shape index (κ1) is 16.0. The molecule has 0 radical (unpaired) electrons. The maximum absolute atomic E-state index is 12.4. The summed E-state index contributed by atoms with van der Waals surface area (Å²) in [5.41, 5.74) is 8.21. The predicted molar refractivity (Wildman–Crippen MR) is 94.5 cm³/mol. The van der Waals surface area contributed by atoms with E-state index in [1.165, 1.54) is 11.3 Å². The minimum atomic E-state index is -0.338. The van der Waals surface area contributed by atoms with Gasteiger partial charge in [-0.1, -0.05) is 24.3 Å². The van der Waals surface area contributed by atoms with Crippen LogP contribution >= 0.6 is 11.3 Å². The summed E-state index contributed by atoms with van der Waals surface area (Å²) in [4.78, 5) is 24.8. The van der Waals surface area contributed by atoms with E-state index in [9.17, 15) is 9.59 Å². The molecule has 6 heteroatoms. The van der Waals surface area contributed by atoms with Crippen LogP contribution in [0.25, 0.3) is 5.69 Å². The Balaban J connectivity index is 1.78. The van der Waals surface area contributed by atoms with Gasteiger partial charge in [0.1, 0.15) is 0 Å². The maximum atomic E-state index is 12.4. The highest BCUT2D eigenvalue weighted by atomic mass is 32.1. The van der Waals surface area contributed by atoms with Gasteiger partial charge in [-0.15, -0.1) is 11.3 Å². The average molecular weight is 339 g/mol. The van der Waals surface area contributed by atoms with Gasteiger partial charge in [-0.05, 0) is 43.5 Å². The van der Waals surface area contributed by atoms with Crippen LogP contribution in [0.15, 0.2) is 53.9 Å². The summed E-state index contributed by atoms with van der Waals surface area (Å²) in [7, 11) is 0. The van der Waals surface area contributed by atoms with Gasteiger partial charge in [-0.25, -0.2) is 0 Å². The predicted octanol–water partition coefficient (Wildman–Crippen LogP) is 3.23. The molecule has 2 heterocycles. The monoisotopic (exact) mass is 339 g/mol. The molecule has 0 fully saturated rings. The van der Waals surface area contributed by atoms with Crippen LogP contribution in [-0.2, 0) is 0 Å². The zero-order valence-corrected chi connectivity index (χ0v) is 14.2. The lowest BCUT2D eigenvalue weighted by Gasteiger charge is -2.10. The molecule has 0 aliphatic rings. The van der Waals surface area contributed by atoms with E-state index in [1.54, 1.807) is 12.1 Å². The minimum absolute atomic E-state index is 0.324. The van der Waals surface area contributed by atoms with Gasteiger partial charge in [-0.3, -0.25) is 20.4 Å². The SMILES string of the molecule is Cc1cc(C(=O)NNC(=O)c2cccs2)c(C)n1-c1ccccc1. The Hall–Kier alpha value is -2.86. The summed E-state index contributed by atoms with van der Waals surface area (Å²) in [6.07, 6.45) is 0. The lowest BCUT2D eigenvalue weighted by Crippen LogP contribution is -2.41. The molecule has 2 amide bonds. The number of carbonyl (C=O) groups excluding carboxylic acids is 2. The van der Waals surface area contributed by atoms with E-state index in [0.29, 0.717) is 10.4 Å². The Kier molecular flexibility index (Phi) is 4.48. The van der Waals surface area contributed by atoms with Gasteiger partial charge < -0.3 is 4.57 Å². The molecule has 0 aliphatic heterocycles. The Morgan fingerprint density at radius 2 is 1.67 bits per heavy atom. The quantitative estimate of drug-likeness (QED) is 0.720. The van der Waals surface area contributed by atoms with Crippen molar-refractivity contribution in [2.24, 2.45) is 0 Å². The van der Waals surface area contributed by atoms with Crippen molar-refractivity contribution in [2.45, 2.75) is 13.8 Å². The number of aromatic nitrogens is 1. The van der Waals surface area contributed by atoms with E-state index in [4.69, 9.17) is 0 Å². The van der Waals surface area contributed by atoms with Crippen molar-refractivity contribution in [3.05, 3.63) is 75.7 Å². The number of benzene rings is 1. The number of amides is 2. The van der Waals surface area contributed by atoms with Crippen molar-refractivity contribution in [1.29, 1.82) is 0 Å². The van der Waals surface area contributed by atoms with Crippen molar-refractivity contribution in [3.63, 3.8) is 0 Å². The average Bonchev–Trinajstić information content (AvgIpc) is 3.21. The second-order valence-electron chi connectivity index (χ2n) is 5.34. The molecule has 1 aromatic carbocycles. The van der Waals surface area contributed by atoms with Crippen LogP contribution in [0.4, 0.5) is 0 Å². The third kappa shape index (κ3) is 3.09. The summed E-state index contributed by atoms with van der Waals surface area (Å²) in [5.74, 6) is -0.662. The smallest absolute Gasteiger partial charge is 0.279 e. The van der Waals surface area contributed by atoms with Crippen LogP contribution in [0.5, 0.6) is 0 Å². The number of nitrogens with one attached hydrogen (secondary N) is 2. The van der Waals surface area contributed by atoms with Crippen LogP contribution in [0.2, 0.25) is 0 Å². The number of thiophene rings is 1. The summed E-state index contributed by atoms with van der Waals surface area (Å²) >= 11 is 1.32. The van der Waals surface area contributed by atoms with E-state index in [0.717, 1.165) is 17.1 Å². The largest absolute Gasteiger partial charge is 0.318 e. The van der Waals surface area contributed by atoms with Crippen LogP contribution in [-0.4, -0.2) is 16.4 Å². The van der Waals surface area contributed by atoms with Crippen LogP contribution in [0, 0.1) is 13.8 Å². The van der Waals surface area contributed by atoms with Crippen molar-refractivity contribution < 1.29 is 9.59 Å². The molecule has 24 heavy (non-hydrogen) atoms. The fourth-order valence-corrected chi connectivity index (χ4v) is 3.24. The van der Waals surface area contributed by atoms with E-state index >= 15 is 0 Å². The van der Waals surface area contributed by atoms with Gasteiger partial charge in [0.25, 0.3) is 11.8 Å². The molecule has 2 aromatic heterocycles. The molecule has 0 saturated heterocycles. The number of hydrazine groups is 1. The number of carbonyl (C=O) groups is 2. The molecule has 0 bridgehead atoms. The summed E-state index contributed by atoms with van der Waals surface area (Å²) in [6.45, 7) is 3.83. The number of hydrogen-bond acceptors (Lipinski definition) is 3. The van der Waals surface area contributed by atoms with E-state index < -0.39 is 0 Å². The number of para-hydroxylation sites is 1. The van der Waals surface area contributed by atoms with Gasteiger partial charge in [-0.2, -0.15) is 0 Å². The third-order valence-corrected chi connectivity index (χ3v) is 4.59. The molecule has 0 spiro atoms. The first-order valence-electron chi connectivity index (χ1n) is 7.46. The molecule has 5 nitrogen and oxygen atoms in total. The van der Waals surface area contributed by atoms with Gasteiger partial charge in [0, 0.05) is 17.1 Å². The highest BCUT2D eigenvalue weighted by Gasteiger charge is 2.17. The lowest BCUT2D eigenvalue weighted by molar-refractivity contribution is 0.0848. The van der Waals surface area contributed by atoms with E-state index in [2.05, 4.69) is 10.9 Å². The molecule has 122 valence electrons. The van der Waals surface area contributed by atoms with Crippen molar-refractivity contribution in [3.8, 4) is 5.69 Å². The fraction of sp³-hybridized carbons (Fsp3) is 0.111. The Morgan fingerprint density at radius 3 is 2.33 bits per heavy atom. The van der Waals surface area contributed by atoms with Gasteiger partial charge in [0.05, 0.1) is 10.4 Å². The zero-order valence-electron chi connectivity index (χ0n) is 13.4. The highest BCUT2D eigenvalue weighted by Crippen LogP contribution is 2.20. The van der Waals surface area contributed by atoms with E-state index in [1.807, 2.05) is 60.2 Å². The molecule has 0 saturated carbocycles. The Labute approximate surface area is 143 Å². The first-order valence-corrected chi connectivity index (χ1v) is 8.34. The second kappa shape index (κ2) is 6.72. The molecular weight excluding hydrogens is 322 g/mol. The molecule has 0 aliphatic carbocycles. The van der Waals surface area contributed by atoms with Gasteiger partial charge >= 0.3 is 0 Å². The van der Waals surface area contributed by atoms with E-state index in [-0.39, 0.29) is 11.8 Å². The number of aryl methyl sites for hydroxylation is 1. The van der Waals surface area contributed by atoms with Crippen LogP contribution < -0.4 is 10.9 Å². The topological polar surface area (TPSA) is 63.1 Å². The van der Waals surface area contributed by atoms with Crippen molar-refractivity contribution in [1.82, 2.24) is 15.4 Å². The Morgan fingerprint density at radius 1 is 0.958 bits per heavy atom. The number of nitrogens with zero attached hydrogens (tertiary/aromatic N) is 1. The van der Waals surface area contributed by atoms with Crippen LogP contribution in [0.1, 0.15) is 31.4 Å². The molecule has 0 unspecified atom stereocenters.